The topological polar surface area (TPSA) is 115 Å². The summed E-state index contributed by atoms with van der Waals surface area (Å²) in [6.07, 6.45) is -0.642. The van der Waals surface area contributed by atoms with Gasteiger partial charge in [0.1, 0.15) is 16.4 Å². The molecule has 0 aromatic heterocycles. The van der Waals surface area contributed by atoms with E-state index in [0.29, 0.717) is 17.1 Å². The number of fused-ring (bicyclic) bond motifs is 1. The Balaban J connectivity index is 1.76. The van der Waals surface area contributed by atoms with Crippen molar-refractivity contribution in [3.63, 3.8) is 0 Å². The summed E-state index contributed by atoms with van der Waals surface area (Å²) < 4.78 is 43.4. The average Bonchev–Trinajstić information content (AvgIpc) is 2.68. The summed E-state index contributed by atoms with van der Waals surface area (Å²) >= 11 is 1.02. The van der Waals surface area contributed by atoms with Crippen molar-refractivity contribution in [3.05, 3.63) is 42.5 Å². The van der Waals surface area contributed by atoms with Crippen LogP contribution >= 0.6 is 11.9 Å². The summed E-state index contributed by atoms with van der Waals surface area (Å²) in [5.74, 6) is 0.790. The second kappa shape index (κ2) is 8.62. The second-order valence-electron chi connectivity index (χ2n) is 6.09. The minimum Gasteiger partial charge on any atom is -0.491 e. The molecule has 2 N–H and O–H groups in total. The molecule has 1 aliphatic heterocycles. The Hall–Kier alpha value is -2.92. The van der Waals surface area contributed by atoms with Crippen LogP contribution in [0.3, 0.4) is 0 Å². The first kappa shape index (κ1) is 20.8. The molecule has 0 unspecified atom stereocenters. The van der Waals surface area contributed by atoms with E-state index in [1.54, 1.807) is 12.1 Å². The standard InChI is InChI=1S/C18H19N3O6S2/c1-11(2)26-12-4-6-13(7-5-12)27-29(23,24)14-8-9-15-16(10-14)21-28-17(19-15)20-18(22)25-3/h4-11,21H,1-3H3,(H,19,20,22). The highest BCUT2D eigenvalue weighted by molar-refractivity contribution is 8.15. The van der Waals surface area contributed by atoms with Gasteiger partial charge in [0.25, 0.3) is 0 Å². The number of hydrogen-bond acceptors (Lipinski definition) is 9. The van der Waals surface area contributed by atoms with Crippen LogP contribution in [0.25, 0.3) is 0 Å². The van der Waals surface area contributed by atoms with Gasteiger partial charge in [-0.3, -0.25) is 5.32 Å². The lowest BCUT2D eigenvalue weighted by Crippen LogP contribution is -2.29. The number of alkyl carbamates (subject to hydrolysis) is 1. The van der Waals surface area contributed by atoms with Gasteiger partial charge in [0.15, 0.2) is 5.17 Å². The maximum atomic E-state index is 12.6. The highest BCUT2D eigenvalue weighted by atomic mass is 32.2. The molecule has 9 nitrogen and oxygen atoms in total. The zero-order valence-electron chi connectivity index (χ0n) is 15.8. The quantitative estimate of drug-likeness (QED) is 0.538. The fourth-order valence-corrected chi connectivity index (χ4v) is 3.90. The number of rotatable bonds is 5. The van der Waals surface area contributed by atoms with Crippen LogP contribution in [0.5, 0.6) is 11.5 Å². The number of anilines is 1. The second-order valence-corrected chi connectivity index (χ2v) is 8.43. The van der Waals surface area contributed by atoms with Crippen LogP contribution in [0.15, 0.2) is 52.4 Å². The van der Waals surface area contributed by atoms with E-state index in [-0.39, 0.29) is 21.9 Å². The molecule has 2 aromatic rings. The Morgan fingerprint density at radius 3 is 2.48 bits per heavy atom. The summed E-state index contributed by atoms with van der Waals surface area (Å²) in [6, 6.07) is 10.6. The molecule has 2 aromatic carbocycles. The Bertz CT molecular complexity index is 1040. The maximum absolute atomic E-state index is 12.6. The molecule has 0 fully saturated rings. The zero-order valence-corrected chi connectivity index (χ0v) is 17.5. The van der Waals surface area contributed by atoms with Crippen molar-refractivity contribution in [1.82, 2.24) is 5.32 Å². The van der Waals surface area contributed by atoms with Crippen LogP contribution in [0.2, 0.25) is 0 Å². The number of methoxy groups -OCH3 is 1. The molecule has 0 atom stereocenters. The van der Waals surface area contributed by atoms with E-state index < -0.39 is 16.2 Å². The molecule has 0 spiro atoms. The van der Waals surface area contributed by atoms with E-state index >= 15 is 0 Å². The van der Waals surface area contributed by atoms with Gasteiger partial charge in [0.05, 0.1) is 24.6 Å². The van der Waals surface area contributed by atoms with Gasteiger partial charge in [-0.05, 0) is 56.3 Å². The maximum Gasteiger partial charge on any atom is 0.412 e. The van der Waals surface area contributed by atoms with Gasteiger partial charge in [0.2, 0.25) is 0 Å². The summed E-state index contributed by atoms with van der Waals surface area (Å²) in [6.45, 7) is 3.80. The van der Waals surface area contributed by atoms with Crippen LogP contribution in [0.4, 0.5) is 16.2 Å². The number of carbonyl (C=O) groups is 1. The van der Waals surface area contributed by atoms with Crippen molar-refractivity contribution in [2.45, 2.75) is 24.8 Å². The van der Waals surface area contributed by atoms with Crippen LogP contribution < -0.4 is 19.0 Å². The highest BCUT2D eigenvalue weighted by Crippen LogP contribution is 2.35. The van der Waals surface area contributed by atoms with E-state index in [1.807, 2.05) is 13.8 Å². The predicted octanol–water partition coefficient (Wildman–Crippen LogP) is 3.66. The number of ether oxygens (including phenoxy) is 2. The van der Waals surface area contributed by atoms with Gasteiger partial charge < -0.3 is 18.4 Å². The molecule has 0 saturated heterocycles. The van der Waals surface area contributed by atoms with Crippen LogP contribution in [-0.2, 0) is 14.9 Å². The summed E-state index contributed by atoms with van der Waals surface area (Å²) in [5.41, 5.74) is 0.931. The number of nitrogens with zero attached hydrogens (tertiary/aromatic N) is 1. The predicted molar refractivity (Wildman–Crippen MR) is 110 cm³/mol. The number of amides is 1. The van der Waals surface area contributed by atoms with Crippen LogP contribution in [-0.4, -0.2) is 32.9 Å². The van der Waals surface area contributed by atoms with Gasteiger partial charge in [-0.15, -0.1) is 0 Å². The van der Waals surface area contributed by atoms with Crippen molar-refractivity contribution >= 4 is 44.7 Å². The molecule has 0 saturated carbocycles. The van der Waals surface area contributed by atoms with E-state index in [0.717, 1.165) is 11.9 Å². The minimum absolute atomic E-state index is 0.0114. The number of amidine groups is 1. The van der Waals surface area contributed by atoms with Gasteiger partial charge in [-0.25, -0.2) is 9.79 Å². The third-order valence-corrected chi connectivity index (χ3v) is 5.48. The highest BCUT2D eigenvalue weighted by Gasteiger charge is 2.21. The van der Waals surface area contributed by atoms with Gasteiger partial charge >= 0.3 is 16.2 Å². The fraction of sp³-hybridized carbons (Fsp3) is 0.222. The van der Waals surface area contributed by atoms with E-state index in [1.165, 1.54) is 37.4 Å². The molecule has 3 rings (SSSR count). The number of aliphatic imine (C=N–C) groups is 1. The number of nitrogens with one attached hydrogen (secondary N) is 2. The van der Waals surface area contributed by atoms with E-state index in [4.69, 9.17) is 8.92 Å². The normalized spacial score (nSPS) is 13.0. The molecule has 0 bridgehead atoms. The molecular weight excluding hydrogens is 418 g/mol. The number of benzene rings is 2. The van der Waals surface area contributed by atoms with E-state index in [2.05, 4.69) is 19.8 Å². The van der Waals surface area contributed by atoms with Crippen molar-refractivity contribution < 1.29 is 26.9 Å². The van der Waals surface area contributed by atoms with Crippen molar-refractivity contribution in [2.75, 3.05) is 11.8 Å². The van der Waals surface area contributed by atoms with Crippen LogP contribution in [0.1, 0.15) is 13.8 Å². The Kier molecular flexibility index (Phi) is 6.18. The summed E-state index contributed by atoms with van der Waals surface area (Å²) in [4.78, 5) is 15.5. The van der Waals surface area contributed by atoms with Gasteiger partial charge in [-0.2, -0.15) is 8.42 Å². The molecule has 29 heavy (non-hydrogen) atoms. The van der Waals surface area contributed by atoms with Crippen molar-refractivity contribution in [1.29, 1.82) is 0 Å². The molecule has 0 aliphatic carbocycles. The minimum atomic E-state index is -4.05. The lowest BCUT2D eigenvalue weighted by molar-refractivity contribution is 0.177. The number of carbonyl (C=O) groups excluding carboxylic acids is 1. The fourth-order valence-electron chi connectivity index (χ4n) is 2.30. The molecule has 1 amide bonds. The summed E-state index contributed by atoms with van der Waals surface area (Å²) in [7, 11) is -2.80. The Morgan fingerprint density at radius 1 is 1.14 bits per heavy atom. The molecule has 154 valence electrons. The first-order chi connectivity index (χ1) is 13.8. The Morgan fingerprint density at radius 2 is 1.83 bits per heavy atom. The SMILES string of the molecule is COC(=O)NC1=Nc2ccc(S(=O)(=O)Oc3ccc(OC(C)C)cc3)cc2NS1. The van der Waals surface area contributed by atoms with Gasteiger partial charge in [-0.1, -0.05) is 0 Å². The monoisotopic (exact) mass is 437 g/mol. The molecular formula is C18H19N3O6S2. The van der Waals surface area contributed by atoms with Gasteiger partial charge in [0, 0.05) is 11.9 Å². The summed E-state index contributed by atoms with van der Waals surface area (Å²) in [5, 5.41) is 2.72. The molecule has 1 aliphatic rings. The molecule has 1 heterocycles. The zero-order chi connectivity index (χ0) is 21.0. The third-order valence-electron chi connectivity index (χ3n) is 3.53. The third kappa shape index (κ3) is 5.33. The number of hydrogen-bond donors (Lipinski definition) is 2. The smallest absolute Gasteiger partial charge is 0.412 e. The van der Waals surface area contributed by atoms with Crippen LogP contribution in [0, 0.1) is 0 Å². The molecule has 0 radical (unpaired) electrons. The first-order valence-electron chi connectivity index (χ1n) is 8.48. The Labute approximate surface area is 172 Å². The van der Waals surface area contributed by atoms with Crippen molar-refractivity contribution in [3.8, 4) is 11.5 Å². The molecule has 11 heteroatoms. The van der Waals surface area contributed by atoms with Crippen molar-refractivity contribution in [2.24, 2.45) is 4.99 Å². The lowest BCUT2D eigenvalue weighted by Gasteiger charge is -2.17. The average molecular weight is 437 g/mol. The largest absolute Gasteiger partial charge is 0.491 e. The first-order valence-corrected chi connectivity index (χ1v) is 10.7. The van der Waals surface area contributed by atoms with E-state index in [9.17, 15) is 13.2 Å². The lowest BCUT2D eigenvalue weighted by atomic mass is 10.3.